The van der Waals surface area contributed by atoms with Gasteiger partial charge in [-0.25, -0.2) is 4.79 Å². The second kappa shape index (κ2) is 8.84. The summed E-state index contributed by atoms with van der Waals surface area (Å²) in [5.41, 5.74) is 0.922. The molecule has 0 atom stereocenters. The van der Waals surface area contributed by atoms with Crippen LogP contribution in [0.2, 0.25) is 0 Å². The lowest BCUT2D eigenvalue weighted by atomic mass is 10.2. The summed E-state index contributed by atoms with van der Waals surface area (Å²) in [6, 6.07) is 6.51. The lowest BCUT2D eigenvalue weighted by Gasteiger charge is -2.33. The predicted molar refractivity (Wildman–Crippen MR) is 94.6 cm³/mol. The summed E-state index contributed by atoms with van der Waals surface area (Å²) in [5.74, 6) is -1.67. The number of nitrogens with zero attached hydrogens (tertiary/aromatic N) is 2. The summed E-state index contributed by atoms with van der Waals surface area (Å²) in [7, 11) is 0. The molecule has 0 spiro atoms. The Kier molecular flexibility index (Phi) is 6.54. The number of piperazine rings is 1. The van der Waals surface area contributed by atoms with Gasteiger partial charge in [0.25, 0.3) is 0 Å². The van der Waals surface area contributed by atoms with E-state index in [9.17, 15) is 19.2 Å². The van der Waals surface area contributed by atoms with Crippen LogP contribution in [-0.2, 0) is 19.1 Å². The van der Waals surface area contributed by atoms with Crippen molar-refractivity contribution < 1.29 is 23.9 Å². The van der Waals surface area contributed by atoms with Crippen LogP contribution in [0.15, 0.2) is 24.3 Å². The second-order valence-corrected chi connectivity index (χ2v) is 5.69. The van der Waals surface area contributed by atoms with Crippen molar-refractivity contribution in [2.45, 2.75) is 13.8 Å². The summed E-state index contributed by atoms with van der Waals surface area (Å²) >= 11 is 0. The Hall–Kier alpha value is -3.10. The van der Waals surface area contributed by atoms with Crippen molar-refractivity contribution in [2.75, 3.05) is 43.4 Å². The minimum atomic E-state index is -0.769. The maximum atomic E-state index is 12.3. The number of hydrogen-bond acceptors (Lipinski definition) is 5. The smallest absolute Gasteiger partial charge is 0.409 e. The lowest BCUT2D eigenvalue weighted by Crippen LogP contribution is -2.53. The number of hydrogen-bond donors (Lipinski definition) is 2. The zero-order valence-electron chi connectivity index (χ0n) is 14.8. The van der Waals surface area contributed by atoms with Crippen LogP contribution in [0, 0.1) is 0 Å². The SMILES string of the molecule is CCOC(=O)N1CCN(C(=O)C(=O)Nc2cccc(NC(C)=O)c2)CC1. The highest BCUT2D eigenvalue weighted by Gasteiger charge is 2.28. The highest BCUT2D eigenvalue weighted by molar-refractivity contribution is 6.39. The summed E-state index contributed by atoms with van der Waals surface area (Å²) < 4.78 is 4.92. The van der Waals surface area contributed by atoms with Crippen molar-refractivity contribution in [3.8, 4) is 0 Å². The number of ether oxygens (including phenoxy) is 1. The Morgan fingerprint density at radius 1 is 1.00 bits per heavy atom. The summed E-state index contributed by atoms with van der Waals surface area (Å²) in [4.78, 5) is 50.1. The summed E-state index contributed by atoms with van der Waals surface area (Å²) in [5, 5.41) is 5.12. The molecule has 0 aromatic heterocycles. The van der Waals surface area contributed by atoms with Gasteiger partial charge in [0.2, 0.25) is 5.91 Å². The average Bonchev–Trinajstić information content (AvgIpc) is 2.61. The Morgan fingerprint density at radius 2 is 1.58 bits per heavy atom. The van der Waals surface area contributed by atoms with Gasteiger partial charge < -0.3 is 25.2 Å². The maximum absolute atomic E-state index is 12.3. The maximum Gasteiger partial charge on any atom is 0.409 e. The normalized spacial score (nSPS) is 13.8. The predicted octanol–water partition coefficient (Wildman–Crippen LogP) is 0.884. The first kappa shape index (κ1) is 19.2. The van der Waals surface area contributed by atoms with Gasteiger partial charge >= 0.3 is 17.9 Å². The van der Waals surface area contributed by atoms with Gasteiger partial charge in [0.05, 0.1) is 6.61 Å². The fourth-order valence-corrected chi connectivity index (χ4v) is 2.51. The van der Waals surface area contributed by atoms with E-state index in [1.54, 1.807) is 31.2 Å². The zero-order chi connectivity index (χ0) is 19.1. The van der Waals surface area contributed by atoms with Gasteiger partial charge in [0.15, 0.2) is 0 Å². The zero-order valence-corrected chi connectivity index (χ0v) is 14.8. The van der Waals surface area contributed by atoms with Crippen LogP contribution in [-0.4, -0.2) is 66.4 Å². The third-order valence-electron chi connectivity index (χ3n) is 3.73. The number of anilines is 2. The number of carbonyl (C=O) groups excluding carboxylic acids is 4. The molecular formula is C17H22N4O5. The lowest BCUT2D eigenvalue weighted by molar-refractivity contribution is -0.144. The molecule has 2 N–H and O–H groups in total. The molecule has 2 rings (SSSR count). The van der Waals surface area contributed by atoms with Crippen molar-refractivity contribution in [2.24, 2.45) is 0 Å². The summed E-state index contributed by atoms with van der Waals surface area (Å²) in [6.45, 7) is 4.55. The van der Waals surface area contributed by atoms with E-state index in [-0.39, 0.29) is 25.6 Å². The molecule has 1 aliphatic rings. The van der Waals surface area contributed by atoms with Crippen LogP contribution in [0.4, 0.5) is 16.2 Å². The van der Waals surface area contributed by atoms with Crippen molar-refractivity contribution >= 4 is 35.2 Å². The molecule has 4 amide bonds. The highest BCUT2D eigenvalue weighted by atomic mass is 16.6. The van der Waals surface area contributed by atoms with E-state index in [0.717, 1.165) is 0 Å². The first-order valence-corrected chi connectivity index (χ1v) is 8.30. The molecule has 0 saturated carbocycles. The number of nitrogens with one attached hydrogen (secondary N) is 2. The molecule has 1 aliphatic heterocycles. The van der Waals surface area contributed by atoms with Crippen LogP contribution >= 0.6 is 0 Å². The minimum Gasteiger partial charge on any atom is -0.450 e. The monoisotopic (exact) mass is 362 g/mol. The largest absolute Gasteiger partial charge is 0.450 e. The second-order valence-electron chi connectivity index (χ2n) is 5.69. The molecule has 1 heterocycles. The molecule has 1 fully saturated rings. The van der Waals surface area contributed by atoms with E-state index in [0.29, 0.717) is 24.5 Å². The number of benzene rings is 1. The van der Waals surface area contributed by atoms with Gasteiger partial charge in [-0.3, -0.25) is 14.4 Å². The Balaban J connectivity index is 1.89. The highest BCUT2D eigenvalue weighted by Crippen LogP contribution is 2.15. The van der Waals surface area contributed by atoms with Crippen LogP contribution in [0.3, 0.4) is 0 Å². The first-order chi connectivity index (χ1) is 12.4. The van der Waals surface area contributed by atoms with E-state index in [1.807, 2.05) is 0 Å². The molecule has 0 unspecified atom stereocenters. The van der Waals surface area contributed by atoms with E-state index in [2.05, 4.69) is 10.6 Å². The molecule has 9 nitrogen and oxygen atoms in total. The van der Waals surface area contributed by atoms with E-state index < -0.39 is 17.9 Å². The van der Waals surface area contributed by atoms with Gasteiger partial charge in [-0.1, -0.05) is 6.07 Å². The average molecular weight is 362 g/mol. The van der Waals surface area contributed by atoms with Gasteiger partial charge in [0, 0.05) is 44.5 Å². The van der Waals surface area contributed by atoms with Crippen molar-refractivity contribution in [3.05, 3.63) is 24.3 Å². The number of carbonyl (C=O) groups is 4. The van der Waals surface area contributed by atoms with Gasteiger partial charge in [-0.2, -0.15) is 0 Å². The standard InChI is InChI=1S/C17H22N4O5/c1-3-26-17(25)21-9-7-20(8-10-21)16(24)15(23)19-14-6-4-5-13(11-14)18-12(2)22/h4-6,11H,3,7-10H2,1-2H3,(H,18,22)(H,19,23). The Morgan fingerprint density at radius 3 is 2.15 bits per heavy atom. The van der Waals surface area contributed by atoms with E-state index >= 15 is 0 Å². The Labute approximate surface area is 151 Å². The van der Waals surface area contributed by atoms with Crippen LogP contribution in [0.25, 0.3) is 0 Å². The molecule has 0 bridgehead atoms. The van der Waals surface area contributed by atoms with Crippen molar-refractivity contribution in [3.63, 3.8) is 0 Å². The number of rotatable bonds is 3. The van der Waals surface area contributed by atoms with Crippen LogP contribution < -0.4 is 10.6 Å². The van der Waals surface area contributed by atoms with E-state index in [4.69, 9.17) is 4.74 Å². The van der Waals surface area contributed by atoms with Gasteiger partial charge in [-0.05, 0) is 25.1 Å². The molecule has 140 valence electrons. The summed E-state index contributed by atoms with van der Waals surface area (Å²) in [6.07, 6.45) is -0.418. The van der Waals surface area contributed by atoms with Gasteiger partial charge in [0.1, 0.15) is 0 Å². The first-order valence-electron chi connectivity index (χ1n) is 8.30. The minimum absolute atomic E-state index is 0.232. The third-order valence-corrected chi connectivity index (χ3v) is 3.73. The van der Waals surface area contributed by atoms with E-state index in [1.165, 1.54) is 16.7 Å². The fraction of sp³-hybridized carbons (Fsp3) is 0.412. The Bertz CT molecular complexity index is 698. The topological polar surface area (TPSA) is 108 Å². The van der Waals surface area contributed by atoms with Gasteiger partial charge in [-0.15, -0.1) is 0 Å². The molecule has 1 aromatic carbocycles. The van der Waals surface area contributed by atoms with Crippen molar-refractivity contribution in [1.29, 1.82) is 0 Å². The molecule has 0 radical (unpaired) electrons. The molecule has 1 saturated heterocycles. The molecule has 26 heavy (non-hydrogen) atoms. The van der Waals surface area contributed by atoms with Crippen LogP contribution in [0.1, 0.15) is 13.8 Å². The molecule has 0 aliphatic carbocycles. The quantitative estimate of drug-likeness (QED) is 0.776. The molecule has 1 aromatic rings. The van der Waals surface area contributed by atoms with Crippen molar-refractivity contribution in [1.82, 2.24) is 9.80 Å². The third kappa shape index (κ3) is 5.20. The molecule has 9 heteroatoms. The fourth-order valence-electron chi connectivity index (χ4n) is 2.51. The molecular weight excluding hydrogens is 340 g/mol. The number of amides is 4. The van der Waals surface area contributed by atoms with Crippen LogP contribution in [0.5, 0.6) is 0 Å².